The van der Waals surface area contributed by atoms with Crippen LogP contribution in [0.15, 0.2) is 57.9 Å². The molecule has 0 amide bonds. The molecule has 3 heteroatoms. The van der Waals surface area contributed by atoms with E-state index in [9.17, 15) is 0 Å². The summed E-state index contributed by atoms with van der Waals surface area (Å²) in [6.45, 7) is 4.48. The van der Waals surface area contributed by atoms with Crippen LogP contribution >= 0.6 is 0 Å². The monoisotopic (exact) mass is 500 g/mol. The van der Waals surface area contributed by atoms with E-state index in [0.717, 1.165) is 0 Å². The van der Waals surface area contributed by atoms with Crippen molar-refractivity contribution in [1.82, 2.24) is 0 Å². The molecule has 2 aromatic rings. The molecule has 0 spiro atoms. The number of allylic oxidation sites excluding steroid dienone is 4. The largest absolute Gasteiger partial charge is 1.00 e. The molecule has 0 atom stereocenters. The second-order valence-electron chi connectivity index (χ2n) is 8.52. The fourth-order valence-electron chi connectivity index (χ4n) is 5.30. The van der Waals surface area contributed by atoms with Gasteiger partial charge in [-0.1, -0.05) is 0 Å². The third-order valence-electron chi connectivity index (χ3n) is 6.57. The Balaban J connectivity index is 0.00000120. The van der Waals surface area contributed by atoms with Gasteiger partial charge in [0.2, 0.25) is 0 Å². The van der Waals surface area contributed by atoms with Gasteiger partial charge in [0.05, 0.1) is 0 Å². The first-order valence-corrected chi connectivity index (χ1v) is 14.4. The molecule has 0 N–H and O–H groups in total. The molecular weight excluding hydrogens is 474 g/mol. The molecule has 0 nitrogen and oxygen atoms in total. The summed E-state index contributed by atoms with van der Waals surface area (Å²) in [6, 6.07) is 14.5. The zero-order valence-corrected chi connectivity index (χ0v) is 21.2. The summed E-state index contributed by atoms with van der Waals surface area (Å²) in [4.78, 5) is 0. The quantitative estimate of drug-likeness (QED) is 0.575. The van der Waals surface area contributed by atoms with Crippen LogP contribution in [0.3, 0.4) is 0 Å². The van der Waals surface area contributed by atoms with Gasteiger partial charge in [-0.25, -0.2) is 0 Å². The van der Waals surface area contributed by atoms with E-state index >= 15 is 0 Å². The van der Waals surface area contributed by atoms with Gasteiger partial charge in [0.15, 0.2) is 0 Å². The van der Waals surface area contributed by atoms with Crippen molar-refractivity contribution in [2.75, 3.05) is 0 Å². The van der Waals surface area contributed by atoms with Gasteiger partial charge in [0.1, 0.15) is 0 Å². The first-order chi connectivity index (χ1) is 13.2. The van der Waals surface area contributed by atoms with Crippen molar-refractivity contribution < 1.29 is 46.1 Å². The van der Waals surface area contributed by atoms with E-state index in [1.807, 2.05) is 6.49 Å². The third kappa shape index (κ3) is 4.21. The van der Waals surface area contributed by atoms with Crippen LogP contribution in [0.5, 0.6) is 0 Å². The maximum atomic E-state index is 2.50. The molecule has 0 radical (unpaired) electrons. The van der Waals surface area contributed by atoms with Crippen molar-refractivity contribution in [2.45, 2.75) is 56.0 Å². The predicted molar refractivity (Wildman–Crippen MR) is 113 cm³/mol. The number of halogens is 2. The molecule has 29 heavy (non-hydrogen) atoms. The van der Waals surface area contributed by atoms with Gasteiger partial charge in [0.25, 0.3) is 0 Å². The molecule has 5 rings (SSSR count). The molecule has 3 aliphatic carbocycles. The van der Waals surface area contributed by atoms with E-state index in [2.05, 4.69) is 68.5 Å². The normalized spacial score (nSPS) is 16.9. The Kier molecular flexibility index (Phi) is 7.58. The molecule has 3 aliphatic rings. The molecule has 0 aliphatic heterocycles. The number of benzene rings is 2. The Hall–Kier alpha value is -0.747. The van der Waals surface area contributed by atoms with Crippen molar-refractivity contribution in [1.29, 1.82) is 0 Å². The van der Waals surface area contributed by atoms with Gasteiger partial charge in [0, 0.05) is 0 Å². The van der Waals surface area contributed by atoms with Crippen molar-refractivity contribution in [3.63, 3.8) is 0 Å². The second-order valence-corrected chi connectivity index (χ2v) is 15.3. The van der Waals surface area contributed by atoms with Gasteiger partial charge in [-0.2, -0.15) is 0 Å². The van der Waals surface area contributed by atoms with Crippen LogP contribution in [0.1, 0.15) is 64.4 Å². The van der Waals surface area contributed by atoms with Gasteiger partial charge >= 0.3 is 172 Å². The van der Waals surface area contributed by atoms with Crippen molar-refractivity contribution in [2.24, 2.45) is 0 Å². The van der Waals surface area contributed by atoms with Gasteiger partial charge in [-0.05, 0) is 0 Å². The minimum absolute atomic E-state index is 0. The first-order valence-electron chi connectivity index (χ1n) is 10.5. The molecule has 0 aromatic heterocycles. The number of hydrogen-bond acceptors (Lipinski definition) is 0. The summed E-state index contributed by atoms with van der Waals surface area (Å²) in [6.07, 6.45) is 15.5. The summed E-state index contributed by atoms with van der Waals surface area (Å²) in [5.41, 5.74) is 9.11. The van der Waals surface area contributed by atoms with E-state index in [1.54, 1.807) is 11.1 Å². The van der Waals surface area contributed by atoms with E-state index < -0.39 is 21.3 Å². The van der Waals surface area contributed by atoms with Crippen molar-refractivity contribution in [3.05, 3.63) is 80.2 Å². The Morgan fingerprint density at radius 2 is 1.38 bits per heavy atom. The predicted octanol–water partition coefficient (Wildman–Crippen LogP) is 0.980. The summed E-state index contributed by atoms with van der Waals surface area (Å²) in [7, 11) is 0. The Labute approximate surface area is 195 Å². The Bertz CT molecular complexity index is 954. The van der Waals surface area contributed by atoms with Crippen molar-refractivity contribution >= 4 is 3.21 Å². The van der Waals surface area contributed by atoms with Crippen LogP contribution in [0, 0.1) is 13.8 Å². The molecule has 0 bridgehead atoms. The number of aryl methyl sites for hydroxylation is 2. The molecule has 1 saturated carbocycles. The molecule has 2 aromatic carbocycles. The van der Waals surface area contributed by atoms with E-state index in [4.69, 9.17) is 0 Å². The van der Waals surface area contributed by atoms with Crippen molar-refractivity contribution in [3.8, 4) is 11.1 Å². The van der Waals surface area contributed by atoms with E-state index in [0.29, 0.717) is 3.63 Å². The zero-order valence-electron chi connectivity index (χ0n) is 17.3. The summed E-state index contributed by atoms with van der Waals surface area (Å²) in [5, 5.41) is 0. The van der Waals surface area contributed by atoms with E-state index in [1.165, 1.54) is 60.8 Å². The van der Waals surface area contributed by atoms with Gasteiger partial charge in [-0.15, -0.1) is 0 Å². The summed E-state index contributed by atoms with van der Waals surface area (Å²) < 4.78 is 4.53. The molecule has 0 saturated heterocycles. The molecule has 0 unspecified atom stereocenters. The standard InChI is InChI=1S/C15H13.C6H10.C5H5.2ClH.Zr/c1-10-3-5-12-9-13-6-4-11(2)8-15(13)14(12)7-10;1-2-4-6-5-3-1;1-2-4-5-3-1;;;/h3-9H,1-2H3;1-5H2;1-3H,4H2;2*1H;/q;;;;;+2/p-2. The fraction of sp³-hybridized carbons (Fsp3) is 0.346. The second kappa shape index (κ2) is 9.59. The first kappa shape index (κ1) is 22.9. The minimum atomic E-state index is -1.95. The molecule has 150 valence electrons. The molecule has 1 fully saturated rings. The van der Waals surface area contributed by atoms with Crippen LogP contribution < -0.4 is 24.8 Å². The third-order valence-corrected chi connectivity index (χ3v) is 15.2. The number of rotatable bonds is 2. The topological polar surface area (TPSA) is 0 Å². The van der Waals surface area contributed by atoms with E-state index in [-0.39, 0.29) is 24.8 Å². The minimum Gasteiger partial charge on any atom is -1.00 e. The van der Waals surface area contributed by atoms with Crippen LogP contribution in [0.4, 0.5) is 0 Å². The maximum absolute atomic E-state index is 2.50. The average molecular weight is 503 g/mol. The number of fused-ring (bicyclic) bond motifs is 3. The Morgan fingerprint density at radius 3 is 1.90 bits per heavy atom. The fourth-order valence-corrected chi connectivity index (χ4v) is 14.8. The smallest absolute Gasteiger partial charge is 1.00 e. The zero-order chi connectivity index (χ0) is 18.4. The van der Waals surface area contributed by atoms with Crippen LogP contribution in [0.2, 0.25) is 0 Å². The number of hydrogen-bond donors (Lipinski definition) is 0. The molecular formula is C26H28Cl2Zr. The van der Waals surface area contributed by atoms with Gasteiger partial charge in [-0.3, -0.25) is 0 Å². The maximum Gasteiger partial charge on any atom is -1.00 e. The summed E-state index contributed by atoms with van der Waals surface area (Å²) in [5.74, 6) is 0. The summed E-state index contributed by atoms with van der Waals surface area (Å²) >= 11 is -1.95. The van der Waals surface area contributed by atoms with Gasteiger partial charge < -0.3 is 24.8 Å². The average Bonchev–Trinajstić information content (AvgIpc) is 3.31. The van der Waals surface area contributed by atoms with Crippen LogP contribution in [0.25, 0.3) is 11.1 Å². The van der Waals surface area contributed by atoms with Crippen LogP contribution in [-0.4, -0.2) is 3.21 Å². The molecule has 0 heterocycles. The SMILES string of the molecule is Cc1ccc2c(c1)-c1cc(C)ccc1[CH]2[Zr+2]([C]1=CC=CC1)=[C]1CCCCC1.[Cl-].[Cl-]. The van der Waals surface area contributed by atoms with Crippen LogP contribution in [-0.2, 0) is 21.3 Å². The Morgan fingerprint density at radius 1 is 0.793 bits per heavy atom.